The van der Waals surface area contributed by atoms with Crippen LogP contribution in [-0.2, 0) is 11.2 Å². The third-order valence-electron chi connectivity index (χ3n) is 5.26. The summed E-state index contributed by atoms with van der Waals surface area (Å²) >= 11 is 0. The van der Waals surface area contributed by atoms with Crippen molar-refractivity contribution in [3.05, 3.63) is 90.0 Å². The van der Waals surface area contributed by atoms with E-state index in [-0.39, 0.29) is 18.4 Å². The predicted molar refractivity (Wildman–Crippen MR) is 138 cm³/mol. The van der Waals surface area contributed by atoms with Gasteiger partial charge in [0.2, 0.25) is 5.91 Å². The Hall–Kier alpha value is -3.80. The molecule has 0 spiro atoms. The summed E-state index contributed by atoms with van der Waals surface area (Å²) in [6, 6.07) is 24.9. The van der Waals surface area contributed by atoms with Crippen LogP contribution in [0.2, 0.25) is 0 Å². The van der Waals surface area contributed by atoms with Gasteiger partial charge in [-0.05, 0) is 55.2 Å². The van der Waals surface area contributed by atoms with E-state index in [1.807, 2.05) is 42.5 Å². The van der Waals surface area contributed by atoms with Gasteiger partial charge in [-0.2, -0.15) is 0 Å². The first-order chi connectivity index (χ1) is 16.7. The Labute approximate surface area is 201 Å². The van der Waals surface area contributed by atoms with Gasteiger partial charge in [0.1, 0.15) is 5.75 Å². The lowest BCUT2D eigenvalue weighted by molar-refractivity contribution is -0.114. The fraction of sp³-hybridized carbons (Fsp3) is 0.286. The number of hydrogen-bond acceptors (Lipinski definition) is 4. The number of unbranched alkanes of at least 4 members (excludes halogenated alkanes) is 1. The highest BCUT2D eigenvalue weighted by Gasteiger charge is 2.09. The molecule has 6 heteroatoms. The molecule has 178 valence electrons. The SMILES string of the molecule is CCCCNC(=O)c1cccc(NC(=O)CNc2ccccc2OCCCc2ccccc2)c1. The summed E-state index contributed by atoms with van der Waals surface area (Å²) in [5.74, 6) is 0.373. The van der Waals surface area contributed by atoms with Gasteiger partial charge in [-0.15, -0.1) is 0 Å². The Kier molecular flexibility index (Phi) is 9.99. The van der Waals surface area contributed by atoms with Crippen molar-refractivity contribution in [2.24, 2.45) is 0 Å². The molecule has 0 radical (unpaired) electrons. The van der Waals surface area contributed by atoms with Crippen molar-refractivity contribution < 1.29 is 14.3 Å². The van der Waals surface area contributed by atoms with Gasteiger partial charge in [0.25, 0.3) is 5.91 Å². The van der Waals surface area contributed by atoms with E-state index in [0.717, 1.165) is 31.4 Å². The highest BCUT2D eigenvalue weighted by atomic mass is 16.5. The molecule has 0 bridgehead atoms. The van der Waals surface area contributed by atoms with Crippen LogP contribution >= 0.6 is 0 Å². The highest BCUT2D eigenvalue weighted by molar-refractivity contribution is 5.98. The van der Waals surface area contributed by atoms with Gasteiger partial charge < -0.3 is 20.7 Å². The Morgan fingerprint density at radius 2 is 1.68 bits per heavy atom. The Morgan fingerprint density at radius 3 is 2.50 bits per heavy atom. The zero-order chi connectivity index (χ0) is 24.0. The molecule has 6 nitrogen and oxygen atoms in total. The fourth-order valence-electron chi connectivity index (χ4n) is 3.44. The molecule has 3 N–H and O–H groups in total. The van der Waals surface area contributed by atoms with Crippen LogP contribution < -0.4 is 20.7 Å². The van der Waals surface area contributed by atoms with Gasteiger partial charge in [0, 0.05) is 17.8 Å². The van der Waals surface area contributed by atoms with E-state index >= 15 is 0 Å². The number of para-hydroxylation sites is 2. The van der Waals surface area contributed by atoms with E-state index in [9.17, 15) is 9.59 Å². The third-order valence-corrected chi connectivity index (χ3v) is 5.26. The number of amides is 2. The minimum absolute atomic E-state index is 0.0807. The lowest BCUT2D eigenvalue weighted by atomic mass is 10.1. The molecule has 0 aliphatic heterocycles. The minimum atomic E-state index is -0.206. The molecular formula is C28H33N3O3. The molecule has 3 aromatic carbocycles. The maximum absolute atomic E-state index is 12.5. The molecule has 0 aromatic heterocycles. The number of ether oxygens (including phenoxy) is 1. The second kappa shape index (κ2) is 13.7. The maximum atomic E-state index is 12.5. The number of hydrogen-bond donors (Lipinski definition) is 3. The fourth-order valence-corrected chi connectivity index (χ4v) is 3.44. The molecular weight excluding hydrogens is 426 g/mol. The van der Waals surface area contributed by atoms with Gasteiger partial charge in [-0.3, -0.25) is 9.59 Å². The van der Waals surface area contributed by atoms with Crippen LogP contribution in [0.15, 0.2) is 78.9 Å². The summed E-state index contributed by atoms with van der Waals surface area (Å²) in [4.78, 5) is 24.7. The minimum Gasteiger partial charge on any atom is -0.491 e. The molecule has 3 rings (SSSR count). The number of rotatable bonds is 13. The zero-order valence-electron chi connectivity index (χ0n) is 19.7. The van der Waals surface area contributed by atoms with Gasteiger partial charge >= 0.3 is 0 Å². The van der Waals surface area contributed by atoms with E-state index in [1.54, 1.807) is 24.3 Å². The molecule has 2 amide bonds. The van der Waals surface area contributed by atoms with E-state index in [2.05, 4.69) is 35.0 Å². The summed E-state index contributed by atoms with van der Waals surface area (Å²) in [6.07, 6.45) is 3.81. The van der Waals surface area contributed by atoms with Crippen molar-refractivity contribution in [1.29, 1.82) is 0 Å². The van der Waals surface area contributed by atoms with Crippen molar-refractivity contribution in [2.75, 3.05) is 30.3 Å². The molecule has 0 saturated heterocycles. The highest BCUT2D eigenvalue weighted by Crippen LogP contribution is 2.24. The standard InChI is InChI=1S/C28H33N3O3/c1-2-3-18-29-28(33)23-14-9-15-24(20-23)31-27(32)21-30-25-16-7-8-17-26(25)34-19-10-13-22-11-5-4-6-12-22/h4-9,11-12,14-17,20,30H,2-3,10,13,18-19,21H2,1H3,(H,29,33)(H,31,32). The number of carbonyl (C=O) groups is 2. The molecule has 0 unspecified atom stereocenters. The monoisotopic (exact) mass is 459 g/mol. The van der Waals surface area contributed by atoms with Crippen LogP contribution in [0.4, 0.5) is 11.4 Å². The van der Waals surface area contributed by atoms with Crippen molar-refractivity contribution in [2.45, 2.75) is 32.6 Å². The summed E-state index contributed by atoms with van der Waals surface area (Å²) in [6.45, 7) is 3.39. The smallest absolute Gasteiger partial charge is 0.251 e. The lowest BCUT2D eigenvalue weighted by Gasteiger charge is -2.13. The maximum Gasteiger partial charge on any atom is 0.251 e. The molecule has 0 atom stereocenters. The van der Waals surface area contributed by atoms with E-state index in [4.69, 9.17) is 4.74 Å². The number of anilines is 2. The van der Waals surface area contributed by atoms with Crippen LogP contribution in [0.5, 0.6) is 5.75 Å². The van der Waals surface area contributed by atoms with Crippen molar-refractivity contribution in [3.63, 3.8) is 0 Å². The van der Waals surface area contributed by atoms with Gasteiger partial charge in [-0.1, -0.05) is 61.9 Å². The number of benzene rings is 3. The summed E-state index contributed by atoms with van der Waals surface area (Å²) in [7, 11) is 0. The Morgan fingerprint density at radius 1 is 0.882 bits per heavy atom. The molecule has 0 aliphatic carbocycles. The molecule has 0 heterocycles. The average Bonchev–Trinajstić information content (AvgIpc) is 2.87. The van der Waals surface area contributed by atoms with Gasteiger partial charge in [-0.25, -0.2) is 0 Å². The zero-order valence-corrected chi connectivity index (χ0v) is 19.7. The van der Waals surface area contributed by atoms with Crippen molar-refractivity contribution >= 4 is 23.2 Å². The first-order valence-corrected chi connectivity index (χ1v) is 11.8. The second-order valence-electron chi connectivity index (χ2n) is 8.03. The van der Waals surface area contributed by atoms with E-state index in [0.29, 0.717) is 30.2 Å². The summed E-state index contributed by atoms with van der Waals surface area (Å²) in [5.41, 5.74) is 3.16. The molecule has 0 aliphatic rings. The van der Waals surface area contributed by atoms with Crippen LogP contribution in [0.25, 0.3) is 0 Å². The van der Waals surface area contributed by atoms with Crippen LogP contribution in [0.1, 0.15) is 42.1 Å². The number of carbonyl (C=O) groups excluding carboxylic acids is 2. The second-order valence-corrected chi connectivity index (χ2v) is 8.03. The summed E-state index contributed by atoms with van der Waals surface area (Å²) in [5, 5.41) is 8.88. The quantitative estimate of drug-likeness (QED) is 0.304. The average molecular weight is 460 g/mol. The number of aryl methyl sites for hydroxylation is 1. The topological polar surface area (TPSA) is 79.5 Å². The van der Waals surface area contributed by atoms with Gasteiger partial charge in [0.15, 0.2) is 0 Å². The first-order valence-electron chi connectivity index (χ1n) is 11.8. The van der Waals surface area contributed by atoms with Crippen LogP contribution in [-0.4, -0.2) is 31.5 Å². The van der Waals surface area contributed by atoms with Gasteiger partial charge in [0.05, 0.1) is 18.8 Å². The first kappa shape index (κ1) is 24.8. The largest absolute Gasteiger partial charge is 0.491 e. The third kappa shape index (κ3) is 8.28. The molecule has 34 heavy (non-hydrogen) atoms. The predicted octanol–water partition coefficient (Wildman–Crippen LogP) is 5.28. The van der Waals surface area contributed by atoms with Crippen molar-refractivity contribution in [3.8, 4) is 5.75 Å². The molecule has 3 aromatic rings. The van der Waals surface area contributed by atoms with Crippen LogP contribution in [0.3, 0.4) is 0 Å². The Balaban J connectivity index is 1.46. The normalized spacial score (nSPS) is 10.4. The summed E-state index contributed by atoms with van der Waals surface area (Å²) < 4.78 is 5.95. The Bertz CT molecular complexity index is 1050. The molecule has 0 saturated carbocycles. The number of nitrogens with one attached hydrogen (secondary N) is 3. The lowest BCUT2D eigenvalue weighted by Crippen LogP contribution is -2.25. The van der Waals surface area contributed by atoms with Crippen LogP contribution in [0, 0.1) is 0 Å². The van der Waals surface area contributed by atoms with E-state index < -0.39 is 0 Å². The van der Waals surface area contributed by atoms with Crippen molar-refractivity contribution in [1.82, 2.24) is 5.32 Å². The van der Waals surface area contributed by atoms with E-state index in [1.165, 1.54) is 5.56 Å². The molecule has 0 fully saturated rings.